The number of carbonyl (C=O) groups is 1. The van der Waals surface area contributed by atoms with Crippen LogP contribution in [0.1, 0.15) is 12.0 Å². The number of anilines is 2. The van der Waals surface area contributed by atoms with Crippen LogP contribution in [0.4, 0.5) is 11.4 Å². The largest absolute Gasteiger partial charge is 0.364 e. The molecule has 2 heterocycles. The summed E-state index contributed by atoms with van der Waals surface area (Å²) in [5.41, 5.74) is 3.35. The van der Waals surface area contributed by atoms with E-state index in [4.69, 9.17) is 0 Å². The number of benzene rings is 1. The number of carbonyl (C=O) groups excluding carboxylic acids is 1. The lowest BCUT2D eigenvalue weighted by Crippen LogP contribution is -2.51. The first-order valence-corrected chi connectivity index (χ1v) is 6.12. The van der Waals surface area contributed by atoms with E-state index in [-0.39, 0.29) is 11.9 Å². The Kier molecular flexibility index (Phi) is 2.52. The van der Waals surface area contributed by atoms with E-state index in [1.807, 2.05) is 12.1 Å². The maximum Gasteiger partial charge on any atom is 0.226 e. The molecule has 0 radical (unpaired) electrons. The molecule has 2 N–H and O–H groups in total. The van der Waals surface area contributed by atoms with E-state index < -0.39 is 0 Å². The zero-order valence-corrected chi connectivity index (χ0v) is 9.99. The van der Waals surface area contributed by atoms with Crippen molar-refractivity contribution in [1.29, 1.82) is 0 Å². The third kappa shape index (κ3) is 1.89. The minimum Gasteiger partial charge on any atom is -0.364 e. The quantitative estimate of drug-likeness (QED) is 0.703. The Bertz CT molecular complexity index is 458. The summed E-state index contributed by atoms with van der Waals surface area (Å²) in [6.45, 7) is 4.93. The van der Waals surface area contributed by atoms with Crippen LogP contribution in [-0.2, 0) is 4.79 Å². The van der Waals surface area contributed by atoms with E-state index in [1.54, 1.807) is 0 Å². The maximum absolute atomic E-state index is 11.8. The Morgan fingerprint density at radius 1 is 1.41 bits per heavy atom. The summed E-state index contributed by atoms with van der Waals surface area (Å²) in [4.78, 5) is 14.2. The van der Waals surface area contributed by atoms with Gasteiger partial charge in [0, 0.05) is 26.1 Å². The second-order valence-corrected chi connectivity index (χ2v) is 4.82. The normalized spacial score (nSPS) is 23.5. The highest BCUT2D eigenvalue weighted by atomic mass is 16.1. The van der Waals surface area contributed by atoms with Gasteiger partial charge in [0.2, 0.25) is 5.91 Å². The number of hydrogen-bond donors (Lipinski definition) is 2. The summed E-state index contributed by atoms with van der Waals surface area (Å²) in [6, 6.07) is 6.50. The lowest BCUT2D eigenvalue weighted by molar-refractivity contribution is -0.116. The van der Waals surface area contributed by atoms with Crippen molar-refractivity contribution in [1.82, 2.24) is 5.32 Å². The minimum absolute atomic E-state index is 0.117. The van der Waals surface area contributed by atoms with Crippen LogP contribution in [0.3, 0.4) is 0 Å². The molecule has 4 heteroatoms. The Morgan fingerprint density at radius 3 is 3.18 bits per heavy atom. The molecule has 0 spiro atoms. The van der Waals surface area contributed by atoms with Crippen LogP contribution in [0, 0.1) is 6.92 Å². The van der Waals surface area contributed by atoms with Gasteiger partial charge in [-0.1, -0.05) is 6.07 Å². The number of nitrogens with one attached hydrogen (secondary N) is 2. The molecule has 1 aromatic carbocycles. The van der Waals surface area contributed by atoms with E-state index in [0.717, 1.165) is 25.3 Å². The third-order valence-corrected chi connectivity index (χ3v) is 3.51. The number of rotatable bonds is 0. The summed E-state index contributed by atoms with van der Waals surface area (Å²) in [5.74, 6) is 0.117. The van der Waals surface area contributed by atoms with Gasteiger partial charge < -0.3 is 15.5 Å². The van der Waals surface area contributed by atoms with Crippen molar-refractivity contribution < 1.29 is 4.79 Å². The van der Waals surface area contributed by atoms with E-state index in [9.17, 15) is 4.79 Å². The van der Waals surface area contributed by atoms with Crippen molar-refractivity contribution >= 4 is 17.3 Å². The van der Waals surface area contributed by atoms with Gasteiger partial charge in [-0.15, -0.1) is 0 Å². The molecule has 4 nitrogen and oxygen atoms in total. The Balaban J connectivity index is 2.07. The summed E-state index contributed by atoms with van der Waals surface area (Å²) in [7, 11) is 0. The number of fused-ring (bicyclic) bond motifs is 3. The van der Waals surface area contributed by atoms with Crippen LogP contribution in [0.2, 0.25) is 0 Å². The number of amides is 1. The molecule has 1 saturated heterocycles. The highest BCUT2D eigenvalue weighted by Gasteiger charge is 2.29. The van der Waals surface area contributed by atoms with Crippen molar-refractivity contribution in [3.05, 3.63) is 23.8 Å². The zero-order chi connectivity index (χ0) is 11.8. The van der Waals surface area contributed by atoms with Crippen molar-refractivity contribution in [2.45, 2.75) is 19.4 Å². The average molecular weight is 231 g/mol. The van der Waals surface area contributed by atoms with E-state index in [1.165, 1.54) is 11.3 Å². The molecule has 17 heavy (non-hydrogen) atoms. The first kappa shape index (κ1) is 10.6. The van der Waals surface area contributed by atoms with Crippen molar-refractivity contribution in [2.75, 3.05) is 29.9 Å². The summed E-state index contributed by atoms with van der Waals surface area (Å²) < 4.78 is 0. The fourth-order valence-corrected chi connectivity index (χ4v) is 2.66. The number of piperazine rings is 1. The first-order chi connectivity index (χ1) is 8.24. The number of hydrogen-bond acceptors (Lipinski definition) is 3. The molecule has 3 rings (SSSR count). The van der Waals surface area contributed by atoms with Gasteiger partial charge in [0.05, 0.1) is 17.4 Å². The molecular weight excluding hydrogens is 214 g/mol. The van der Waals surface area contributed by atoms with E-state index in [0.29, 0.717) is 6.42 Å². The molecule has 1 fully saturated rings. The minimum atomic E-state index is 0.117. The summed E-state index contributed by atoms with van der Waals surface area (Å²) >= 11 is 0. The second-order valence-electron chi connectivity index (χ2n) is 4.82. The Morgan fingerprint density at radius 2 is 2.29 bits per heavy atom. The van der Waals surface area contributed by atoms with Gasteiger partial charge in [-0.2, -0.15) is 0 Å². The molecule has 1 aromatic rings. The van der Waals surface area contributed by atoms with Crippen LogP contribution in [-0.4, -0.2) is 31.6 Å². The predicted molar refractivity (Wildman–Crippen MR) is 68.4 cm³/mol. The lowest BCUT2D eigenvalue weighted by Gasteiger charge is -2.36. The molecule has 0 aliphatic carbocycles. The second kappa shape index (κ2) is 4.04. The van der Waals surface area contributed by atoms with Crippen LogP contribution >= 0.6 is 0 Å². The molecule has 2 aliphatic heterocycles. The average Bonchev–Trinajstić information content (AvgIpc) is 2.45. The molecule has 0 saturated carbocycles. The molecule has 1 atom stereocenters. The molecular formula is C13H17N3O. The number of aryl methyl sites for hydroxylation is 1. The van der Waals surface area contributed by atoms with Gasteiger partial charge in [0.1, 0.15) is 0 Å². The molecule has 0 aromatic heterocycles. The predicted octanol–water partition coefficient (Wildman–Crippen LogP) is 1.12. The van der Waals surface area contributed by atoms with Crippen LogP contribution in [0.5, 0.6) is 0 Å². The fourth-order valence-electron chi connectivity index (χ4n) is 2.66. The van der Waals surface area contributed by atoms with E-state index in [2.05, 4.69) is 28.5 Å². The molecule has 1 amide bonds. The topological polar surface area (TPSA) is 44.4 Å². The van der Waals surface area contributed by atoms with Gasteiger partial charge >= 0.3 is 0 Å². The molecule has 2 aliphatic rings. The van der Waals surface area contributed by atoms with Gasteiger partial charge in [-0.3, -0.25) is 4.79 Å². The fraction of sp³-hybridized carbons (Fsp3) is 0.462. The molecule has 1 unspecified atom stereocenters. The first-order valence-electron chi connectivity index (χ1n) is 6.12. The van der Waals surface area contributed by atoms with E-state index >= 15 is 0 Å². The van der Waals surface area contributed by atoms with Crippen LogP contribution in [0.15, 0.2) is 18.2 Å². The summed E-state index contributed by atoms with van der Waals surface area (Å²) in [6.07, 6.45) is 0.570. The van der Waals surface area contributed by atoms with Gasteiger partial charge in [0.25, 0.3) is 0 Å². The van der Waals surface area contributed by atoms with Crippen molar-refractivity contribution in [3.8, 4) is 0 Å². The van der Waals surface area contributed by atoms with Gasteiger partial charge in [-0.25, -0.2) is 0 Å². The molecule has 90 valence electrons. The SMILES string of the molecule is Cc1ccc2c(c1)N1CCNCC1CC(=O)N2. The van der Waals surface area contributed by atoms with Crippen LogP contribution in [0.25, 0.3) is 0 Å². The highest BCUT2D eigenvalue weighted by molar-refractivity contribution is 5.96. The zero-order valence-electron chi connectivity index (χ0n) is 9.99. The standard InChI is InChI=1S/C13H17N3O/c1-9-2-3-11-12(6-9)16-5-4-14-8-10(16)7-13(17)15-11/h2-3,6,10,14H,4-5,7-8H2,1H3,(H,15,17). The summed E-state index contributed by atoms with van der Waals surface area (Å²) in [5, 5.41) is 6.35. The highest BCUT2D eigenvalue weighted by Crippen LogP contribution is 2.32. The molecule has 0 bridgehead atoms. The van der Waals surface area contributed by atoms with Gasteiger partial charge in [-0.05, 0) is 24.6 Å². The van der Waals surface area contributed by atoms with Crippen LogP contribution < -0.4 is 15.5 Å². The van der Waals surface area contributed by atoms with Gasteiger partial charge in [0.15, 0.2) is 0 Å². The lowest BCUT2D eigenvalue weighted by atomic mass is 10.1. The number of nitrogens with zero attached hydrogens (tertiary/aromatic N) is 1. The monoisotopic (exact) mass is 231 g/mol. The Hall–Kier alpha value is -1.55. The van der Waals surface area contributed by atoms with Crippen molar-refractivity contribution in [2.24, 2.45) is 0 Å². The Labute approximate surface area is 101 Å². The third-order valence-electron chi connectivity index (χ3n) is 3.51. The van der Waals surface area contributed by atoms with Crippen molar-refractivity contribution in [3.63, 3.8) is 0 Å². The smallest absolute Gasteiger partial charge is 0.226 e. The maximum atomic E-state index is 11.8.